The Balaban J connectivity index is 1.58. The molecule has 2 unspecified atom stereocenters. The van der Waals surface area contributed by atoms with E-state index in [0.29, 0.717) is 6.10 Å². The molecule has 17 heavy (non-hydrogen) atoms. The van der Waals surface area contributed by atoms with Crippen molar-refractivity contribution in [3.05, 3.63) is 29.8 Å². The van der Waals surface area contributed by atoms with Gasteiger partial charge in [0, 0.05) is 25.2 Å². The van der Waals surface area contributed by atoms with Crippen LogP contribution in [0.2, 0.25) is 0 Å². The highest BCUT2D eigenvalue weighted by Gasteiger charge is 2.53. The molecule has 90 valence electrons. The molecule has 0 aromatic heterocycles. The van der Waals surface area contributed by atoms with Gasteiger partial charge in [-0.1, -0.05) is 18.2 Å². The van der Waals surface area contributed by atoms with E-state index in [1.165, 1.54) is 11.3 Å². The summed E-state index contributed by atoms with van der Waals surface area (Å²) in [5.74, 6) is -0.191. The maximum atomic E-state index is 5.99. The van der Waals surface area contributed by atoms with Crippen molar-refractivity contribution in [3.63, 3.8) is 0 Å². The molecule has 2 bridgehead atoms. The molecular formula is C13H17N3O. The lowest BCUT2D eigenvalue weighted by Gasteiger charge is -2.58. The van der Waals surface area contributed by atoms with Gasteiger partial charge in [-0.15, -0.1) is 0 Å². The van der Waals surface area contributed by atoms with Crippen molar-refractivity contribution >= 4 is 5.69 Å². The van der Waals surface area contributed by atoms with Crippen LogP contribution in [0.25, 0.3) is 0 Å². The average molecular weight is 231 g/mol. The van der Waals surface area contributed by atoms with Crippen molar-refractivity contribution in [1.29, 1.82) is 0 Å². The number of piperidine rings is 1. The Hall–Kier alpha value is -1.10. The number of hydrogen-bond donors (Lipinski definition) is 2. The summed E-state index contributed by atoms with van der Waals surface area (Å²) in [4.78, 5) is 2.37. The number of rotatable bonds is 1. The number of nitrogens with zero attached hydrogens (tertiary/aromatic N) is 1. The third-order valence-electron chi connectivity index (χ3n) is 4.08. The predicted molar refractivity (Wildman–Crippen MR) is 65.3 cm³/mol. The number of anilines is 1. The van der Waals surface area contributed by atoms with Gasteiger partial charge in [-0.2, -0.15) is 0 Å². The molecule has 3 saturated heterocycles. The largest absolute Gasteiger partial charge is 0.372 e. The first kappa shape index (κ1) is 9.88. The second-order valence-electron chi connectivity index (χ2n) is 5.13. The van der Waals surface area contributed by atoms with Gasteiger partial charge in [-0.05, 0) is 18.1 Å². The summed E-state index contributed by atoms with van der Waals surface area (Å²) in [7, 11) is 0. The van der Waals surface area contributed by atoms with E-state index in [9.17, 15) is 0 Å². The van der Waals surface area contributed by atoms with Gasteiger partial charge in [-0.3, -0.25) is 5.32 Å². The summed E-state index contributed by atoms with van der Waals surface area (Å²) in [6, 6.07) is 8.50. The molecule has 4 aliphatic rings. The van der Waals surface area contributed by atoms with Crippen LogP contribution < -0.4 is 10.6 Å². The maximum absolute atomic E-state index is 5.99. The van der Waals surface area contributed by atoms with Crippen LogP contribution in [0.15, 0.2) is 24.3 Å². The number of nitrogens with one attached hydrogen (secondary N) is 2. The fraction of sp³-hybridized carbons (Fsp3) is 0.538. The molecule has 0 amide bonds. The van der Waals surface area contributed by atoms with Gasteiger partial charge in [0.2, 0.25) is 0 Å². The minimum Gasteiger partial charge on any atom is -0.372 e. The van der Waals surface area contributed by atoms with Crippen molar-refractivity contribution < 1.29 is 4.74 Å². The van der Waals surface area contributed by atoms with Gasteiger partial charge < -0.3 is 10.1 Å². The normalized spacial score (nSPS) is 35.6. The van der Waals surface area contributed by atoms with Crippen LogP contribution in [0.3, 0.4) is 0 Å². The zero-order valence-electron chi connectivity index (χ0n) is 9.78. The van der Waals surface area contributed by atoms with Crippen molar-refractivity contribution in [2.45, 2.75) is 31.3 Å². The van der Waals surface area contributed by atoms with Crippen molar-refractivity contribution in [3.8, 4) is 0 Å². The van der Waals surface area contributed by atoms with Crippen LogP contribution in [0.4, 0.5) is 5.69 Å². The van der Waals surface area contributed by atoms with Crippen LogP contribution in [0.1, 0.15) is 18.4 Å². The van der Waals surface area contributed by atoms with E-state index in [0.717, 1.165) is 32.6 Å². The number of benzene rings is 1. The van der Waals surface area contributed by atoms with Gasteiger partial charge in [-0.25, -0.2) is 4.90 Å². The molecule has 1 aromatic rings. The molecule has 1 aromatic carbocycles. The van der Waals surface area contributed by atoms with E-state index in [-0.39, 0.29) is 5.85 Å². The SMILES string of the molecule is c1ccc2c(c1)CN(C13CC(CCN1)O3)CN2. The number of fused-ring (bicyclic) bond motifs is 3. The Morgan fingerprint density at radius 1 is 1.35 bits per heavy atom. The third kappa shape index (κ3) is 1.41. The predicted octanol–water partition coefficient (Wildman–Crippen LogP) is 1.31. The molecule has 0 radical (unpaired) electrons. The molecule has 4 heterocycles. The Bertz CT molecular complexity index is 437. The Morgan fingerprint density at radius 2 is 2.24 bits per heavy atom. The van der Waals surface area contributed by atoms with Crippen molar-refractivity contribution in [1.82, 2.24) is 10.2 Å². The first-order valence-electron chi connectivity index (χ1n) is 6.35. The van der Waals surface area contributed by atoms with E-state index in [1.807, 2.05) is 0 Å². The van der Waals surface area contributed by atoms with Gasteiger partial charge in [0.1, 0.15) is 0 Å². The molecular weight excluding hydrogens is 214 g/mol. The molecule has 3 fully saturated rings. The van der Waals surface area contributed by atoms with Gasteiger partial charge in [0.25, 0.3) is 0 Å². The second kappa shape index (κ2) is 3.45. The zero-order chi connectivity index (χ0) is 11.3. The monoisotopic (exact) mass is 231 g/mol. The smallest absolute Gasteiger partial charge is 0.181 e. The molecule has 4 nitrogen and oxygen atoms in total. The summed E-state index contributed by atoms with van der Waals surface area (Å²) in [6.45, 7) is 2.89. The van der Waals surface area contributed by atoms with E-state index >= 15 is 0 Å². The molecule has 4 aliphatic heterocycles. The molecule has 0 saturated carbocycles. The van der Waals surface area contributed by atoms with Gasteiger partial charge in [0.05, 0.1) is 12.8 Å². The average Bonchev–Trinajstić information content (AvgIpc) is 2.38. The Labute approximate surface area is 101 Å². The minimum atomic E-state index is -0.191. The molecule has 2 atom stereocenters. The van der Waals surface area contributed by atoms with E-state index < -0.39 is 0 Å². The fourth-order valence-corrected chi connectivity index (χ4v) is 3.12. The Kier molecular flexibility index (Phi) is 2.00. The van der Waals surface area contributed by atoms with Gasteiger partial charge in [0.15, 0.2) is 5.85 Å². The molecule has 0 aliphatic carbocycles. The standard InChI is InChI=1S/C13H17N3O/c1-2-4-12-10(3-1)8-16(9-14-12)13-7-11(17-13)5-6-15-13/h1-4,11,14-15H,5-9H2. The first-order chi connectivity index (χ1) is 8.36. The highest BCUT2D eigenvalue weighted by atomic mass is 16.6. The van der Waals surface area contributed by atoms with Crippen molar-refractivity contribution in [2.24, 2.45) is 0 Å². The summed E-state index contributed by atoms with van der Waals surface area (Å²) >= 11 is 0. The quantitative estimate of drug-likeness (QED) is 0.764. The van der Waals surface area contributed by atoms with E-state index in [4.69, 9.17) is 4.74 Å². The third-order valence-corrected chi connectivity index (χ3v) is 4.08. The lowest BCUT2D eigenvalue weighted by atomic mass is 9.95. The minimum absolute atomic E-state index is 0.191. The lowest BCUT2D eigenvalue weighted by molar-refractivity contribution is -0.321. The molecule has 0 spiro atoms. The van der Waals surface area contributed by atoms with Gasteiger partial charge >= 0.3 is 0 Å². The molecule has 2 N–H and O–H groups in total. The summed E-state index contributed by atoms with van der Waals surface area (Å²) in [6.07, 6.45) is 2.75. The molecule has 5 rings (SSSR count). The number of ether oxygens (including phenoxy) is 1. The number of hydrogen-bond acceptors (Lipinski definition) is 4. The van der Waals surface area contributed by atoms with Crippen LogP contribution >= 0.6 is 0 Å². The molecule has 4 heteroatoms. The van der Waals surface area contributed by atoms with Crippen LogP contribution in [0.5, 0.6) is 0 Å². The van der Waals surface area contributed by atoms with Crippen LogP contribution in [-0.4, -0.2) is 30.1 Å². The van der Waals surface area contributed by atoms with Crippen molar-refractivity contribution in [2.75, 3.05) is 18.5 Å². The van der Waals surface area contributed by atoms with Crippen LogP contribution in [-0.2, 0) is 11.3 Å². The summed E-state index contributed by atoms with van der Waals surface area (Å²) < 4.78 is 5.99. The number of para-hydroxylation sites is 1. The summed E-state index contributed by atoms with van der Waals surface area (Å²) in [5.41, 5.74) is 2.61. The highest BCUT2D eigenvalue weighted by molar-refractivity contribution is 5.52. The topological polar surface area (TPSA) is 36.5 Å². The summed E-state index contributed by atoms with van der Waals surface area (Å²) in [5, 5.41) is 6.99. The van der Waals surface area contributed by atoms with E-state index in [2.05, 4.69) is 39.8 Å². The fourth-order valence-electron chi connectivity index (χ4n) is 3.12. The Morgan fingerprint density at radius 3 is 3.06 bits per heavy atom. The highest BCUT2D eigenvalue weighted by Crippen LogP contribution is 2.40. The zero-order valence-corrected chi connectivity index (χ0v) is 9.78. The second-order valence-corrected chi connectivity index (χ2v) is 5.13. The van der Waals surface area contributed by atoms with E-state index in [1.54, 1.807) is 0 Å². The van der Waals surface area contributed by atoms with Crippen LogP contribution in [0, 0.1) is 0 Å². The first-order valence-corrected chi connectivity index (χ1v) is 6.35. The lowest BCUT2D eigenvalue weighted by Crippen LogP contribution is -2.74. The maximum Gasteiger partial charge on any atom is 0.181 e.